The fourth-order valence-corrected chi connectivity index (χ4v) is 4.08. The summed E-state index contributed by atoms with van der Waals surface area (Å²) in [6, 6.07) is -1.03. The van der Waals surface area contributed by atoms with Crippen LogP contribution in [-0.2, 0) is 14.3 Å². The summed E-state index contributed by atoms with van der Waals surface area (Å²) in [5, 5.41) is 15.1. The number of carbonyl (C=O) groups excluding carboxylic acids is 2. The Balaban J connectivity index is 3.43. The Labute approximate surface area is 165 Å². The zero-order valence-corrected chi connectivity index (χ0v) is 17.0. The maximum absolute atomic E-state index is 12.1. The van der Waals surface area contributed by atoms with Crippen molar-refractivity contribution in [2.24, 2.45) is 34.2 Å². The van der Waals surface area contributed by atoms with Gasteiger partial charge in [0.25, 0.3) is 0 Å². The van der Waals surface area contributed by atoms with Crippen molar-refractivity contribution in [1.29, 1.82) is 0 Å². The van der Waals surface area contributed by atoms with E-state index < -0.39 is 42.1 Å². The third kappa shape index (κ3) is 6.00. The number of carboxylic acids is 1. The first kappa shape index (κ1) is 23.5. The van der Waals surface area contributed by atoms with Crippen LogP contribution in [0.15, 0.2) is 4.99 Å². The molecular weight excluding hydrogens is 366 g/mol. The first-order valence-electron chi connectivity index (χ1n) is 9.69. The number of rotatable bonds is 9. The first-order valence-corrected chi connectivity index (χ1v) is 9.69. The SMILES string of the molecule is CCNC(=O)O[C@H]1[C@@H]([C@H](NC(C)=O)C(CC)CC)[C@H](N=C(N)N)C[C@@H]1C(=O)O. The molecular formula is C18H33N5O5. The summed E-state index contributed by atoms with van der Waals surface area (Å²) in [5.74, 6) is -3.04. The highest BCUT2D eigenvalue weighted by atomic mass is 16.6. The number of amides is 2. The van der Waals surface area contributed by atoms with Crippen LogP contribution >= 0.6 is 0 Å². The molecule has 2 amide bonds. The van der Waals surface area contributed by atoms with Crippen LogP contribution in [0.25, 0.3) is 0 Å². The van der Waals surface area contributed by atoms with Crippen LogP contribution < -0.4 is 22.1 Å². The molecule has 1 saturated carbocycles. The van der Waals surface area contributed by atoms with Gasteiger partial charge in [-0.2, -0.15) is 0 Å². The average Bonchev–Trinajstić information content (AvgIpc) is 2.92. The van der Waals surface area contributed by atoms with Crippen LogP contribution in [-0.4, -0.2) is 53.8 Å². The molecule has 0 saturated heterocycles. The maximum atomic E-state index is 12.1. The van der Waals surface area contributed by atoms with Crippen LogP contribution in [0.1, 0.15) is 47.0 Å². The second-order valence-electron chi connectivity index (χ2n) is 7.08. The number of nitrogens with one attached hydrogen (secondary N) is 2. The van der Waals surface area contributed by atoms with E-state index in [2.05, 4.69) is 15.6 Å². The Morgan fingerprint density at radius 1 is 1.21 bits per heavy atom. The zero-order chi connectivity index (χ0) is 21.4. The lowest BCUT2D eigenvalue weighted by atomic mass is 9.80. The fraction of sp³-hybridized carbons (Fsp3) is 0.778. The van der Waals surface area contributed by atoms with Crippen molar-refractivity contribution < 1.29 is 24.2 Å². The minimum atomic E-state index is -1.10. The monoisotopic (exact) mass is 399 g/mol. The molecule has 0 radical (unpaired) electrons. The average molecular weight is 399 g/mol. The van der Waals surface area contributed by atoms with E-state index in [0.29, 0.717) is 6.54 Å². The summed E-state index contributed by atoms with van der Waals surface area (Å²) in [7, 11) is 0. The number of nitrogens with zero attached hydrogens (tertiary/aromatic N) is 1. The van der Waals surface area contributed by atoms with Gasteiger partial charge >= 0.3 is 12.1 Å². The Morgan fingerprint density at radius 3 is 2.25 bits per heavy atom. The lowest BCUT2D eigenvalue weighted by Gasteiger charge is -2.36. The normalized spacial score (nSPS) is 25.0. The van der Waals surface area contributed by atoms with E-state index in [4.69, 9.17) is 16.2 Å². The smallest absolute Gasteiger partial charge is 0.407 e. The topological polar surface area (TPSA) is 169 Å². The summed E-state index contributed by atoms with van der Waals surface area (Å²) >= 11 is 0. The molecule has 7 N–H and O–H groups in total. The van der Waals surface area contributed by atoms with E-state index in [1.807, 2.05) is 13.8 Å². The first-order chi connectivity index (χ1) is 13.2. The molecule has 5 atom stereocenters. The summed E-state index contributed by atoms with van der Waals surface area (Å²) in [4.78, 5) is 40.1. The van der Waals surface area contributed by atoms with Crippen LogP contribution in [0.3, 0.4) is 0 Å². The molecule has 0 aromatic rings. The molecule has 28 heavy (non-hydrogen) atoms. The molecule has 0 spiro atoms. The van der Waals surface area contributed by atoms with Gasteiger partial charge in [-0.15, -0.1) is 0 Å². The second kappa shape index (κ2) is 10.7. The van der Waals surface area contributed by atoms with Crippen molar-refractivity contribution in [3.8, 4) is 0 Å². The van der Waals surface area contributed by atoms with Gasteiger partial charge in [0.05, 0.1) is 12.0 Å². The fourth-order valence-electron chi connectivity index (χ4n) is 4.08. The van der Waals surface area contributed by atoms with Gasteiger partial charge in [0, 0.05) is 25.4 Å². The molecule has 0 heterocycles. The van der Waals surface area contributed by atoms with E-state index in [-0.39, 0.29) is 24.2 Å². The molecule has 10 nitrogen and oxygen atoms in total. The Morgan fingerprint density at radius 2 is 1.82 bits per heavy atom. The highest BCUT2D eigenvalue weighted by molar-refractivity contribution is 5.77. The largest absolute Gasteiger partial charge is 0.481 e. The standard InChI is InChI=1S/C18H33N5O5/c1-5-10(6-2)14(22-9(4)24)13-12(23-17(19)20)8-11(16(25)26)15(13)28-18(27)21-7-3/h10-15H,5-8H2,1-4H3,(H,21,27)(H,22,24)(H,25,26)(H4,19,20,23)/t11-,12+,13+,14+,15+/m0/s1. The van der Waals surface area contributed by atoms with Crippen molar-refractivity contribution in [1.82, 2.24) is 10.6 Å². The Kier molecular flexibility index (Phi) is 9.01. The van der Waals surface area contributed by atoms with Gasteiger partial charge in [-0.1, -0.05) is 26.7 Å². The van der Waals surface area contributed by atoms with E-state index in [0.717, 1.165) is 12.8 Å². The van der Waals surface area contributed by atoms with E-state index in [1.165, 1.54) is 6.92 Å². The summed E-state index contributed by atoms with van der Waals surface area (Å²) in [6.45, 7) is 7.44. The summed E-state index contributed by atoms with van der Waals surface area (Å²) < 4.78 is 5.52. The Bertz CT molecular complexity index is 589. The highest BCUT2D eigenvalue weighted by Crippen LogP contribution is 2.41. The number of carbonyl (C=O) groups is 3. The number of ether oxygens (including phenoxy) is 1. The van der Waals surface area contributed by atoms with Gasteiger partial charge in [-0.05, 0) is 19.3 Å². The minimum Gasteiger partial charge on any atom is -0.481 e. The molecule has 1 aliphatic rings. The van der Waals surface area contributed by atoms with Crippen LogP contribution in [0.2, 0.25) is 0 Å². The number of carboxylic acid groups (broad SMARTS) is 1. The van der Waals surface area contributed by atoms with Gasteiger partial charge in [-0.25, -0.2) is 9.79 Å². The second-order valence-corrected chi connectivity index (χ2v) is 7.08. The molecule has 160 valence electrons. The molecule has 1 fully saturated rings. The number of nitrogens with two attached hydrogens (primary N) is 2. The van der Waals surface area contributed by atoms with Gasteiger partial charge < -0.3 is 31.9 Å². The van der Waals surface area contributed by atoms with Crippen molar-refractivity contribution in [2.45, 2.75) is 65.1 Å². The number of aliphatic carboxylic acids is 1. The van der Waals surface area contributed by atoms with Gasteiger partial charge in [0.15, 0.2) is 5.96 Å². The van der Waals surface area contributed by atoms with E-state index >= 15 is 0 Å². The number of hydrogen-bond donors (Lipinski definition) is 5. The van der Waals surface area contributed by atoms with Crippen molar-refractivity contribution >= 4 is 23.9 Å². The van der Waals surface area contributed by atoms with Crippen molar-refractivity contribution in [3.63, 3.8) is 0 Å². The molecule has 0 unspecified atom stereocenters. The van der Waals surface area contributed by atoms with Crippen LogP contribution in [0.4, 0.5) is 4.79 Å². The molecule has 0 aromatic heterocycles. The zero-order valence-electron chi connectivity index (χ0n) is 17.0. The van der Waals surface area contributed by atoms with Gasteiger partial charge in [-0.3, -0.25) is 9.59 Å². The number of aliphatic imine (C=N–C) groups is 1. The molecule has 10 heteroatoms. The molecule has 0 aliphatic heterocycles. The third-order valence-electron chi connectivity index (χ3n) is 5.25. The number of hydrogen-bond acceptors (Lipinski definition) is 5. The lowest BCUT2D eigenvalue weighted by Crippen LogP contribution is -2.52. The lowest BCUT2D eigenvalue weighted by molar-refractivity contribution is -0.145. The summed E-state index contributed by atoms with van der Waals surface area (Å²) in [6.07, 6.45) is -0.0798. The summed E-state index contributed by atoms with van der Waals surface area (Å²) in [5.41, 5.74) is 11.1. The predicted octanol–water partition coefficient (Wildman–Crippen LogP) is 0.405. The highest BCUT2D eigenvalue weighted by Gasteiger charge is 2.53. The third-order valence-corrected chi connectivity index (χ3v) is 5.25. The molecule has 1 aliphatic carbocycles. The molecule has 0 bridgehead atoms. The quantitative estimate of drug-likeness (QED) is 0.276. The van der Waals surface area contributed by atoms with Crippen LogP contribution in [0, 0.1) is 17.8 Å². The van der Waals surface area contributed by atoms with Gasteiger partial charge in [0.1, 0.15) is 6.10 Å². The number of alkyl carbamates (subject to hydrolysis) is 1. The van der Waals surface area contributed by atoms with Crippen LogP contribution in [0.5, 0.6) is 0 Å². The van der Waals surface area contributed by atoms with Crippen molar-refractivity contribution in [2.75, 3.05) is 6.54 Å². The van der Waals surface area contributed by atoms with E-state index in [9.17, 15) is 19.5 Å². The molecule has 0 aromatic carbocycles. The van der Waals surface area contributed by atoms with Gasteiger partial charge in [0.2, 0.25) is 5.91 Å². The predicted molar refractivity (Wildman–Crippen MR) is 104 cm³/mol. The molecule has 1 rings (SSSR count). The maximum Gasteiger partial charge on any atom is 0.407 e. The van der Waals surface area contributed by atoms with E-state index in [1.54, 1.807) is 6.92 Å². The minimum absolute atomic E-state index is 0.0403. The van der Waals surface area contributed by atoms with Crippen molar-refractivity contribution in [3.05, 3.63) is 0 Å². The number of guanidine groups is 1. The Hall–Kier alpha value is -2.52.